The number of pyridine rings is 1. The number of nitrogens with one attached hydrogen (secondary N) is 1. The van der Waals surface area contributed by atoms with Gasteiger partial charge in [-0.2, -0.15) is 17.0 Å². The third-order valence-corrected chi connectivity index (χ3v) is 7.48. The number of piperazine rings is 1. The maximum atomic E-state index is 12.9. The molecule has 0 aliphatic carbocycles. The van der Waals surface area contributed by atoms with E-state index in [1.54, 1.807) is 19.1 Å². The van der Waals surface area contributed by atoms with E-state index in [1.165, 1.54) is 19.7 Å². The summed E-state index contributed by atoms with van der Waals surface area (Å²) in [4.78, 5) is 29.8. The van der Waals surface area contributed by atoms with Crippen LogP contribution in [-0.2, 0) is 19.7 Å². The van der Waals surface area contributed by atoms with Gasteiger partial charge in [-0.1, -0.05) is 11.6 Å². The first-order chi connectivity index (χ1) is 14.3. The van der Waals surface area contributed by atoms with E-state index in [1.807, 2.05) is 0 Å². The molecule has 2 amide bonds. The van der Waals surface area contributed by atoms with Crippen molar-refractivity contribution in [2.45, 2.75) is 19.8 Å². The summed E-state index contributed by atoms with van der Waals surface area (Å²) >= 11 is 5.79. The molecule has 166 valence electrons. The molecular formula is C18H26ClN5O5S. The number of aromatic nitrogens is 1. The zero-order valence-corrected chi connectivity index (χ0v) is 18.4. The highest BCUT2D eigenvalue weighted by molar-refractivity contribution is 7.86. The molecule has 10 nitrogen and oxygen atoms in total. The molecular weight excluding hydrogens is 434 g/mol. The molecule has 0 bridgehead atoms. The quantitative estimate of drug-likeness (QED) is 0.712. The summed E-state index contributed by atoms with van der Waals surface area (Å²) in [7, 11) is -3.63. The van der Waals surface area contributed by atoms with Crippen molar-refractivity contribution >= 4 is 39.6 Å². The summed E-state index contributed by atoms with van der Waals surface area (Å²) in [5, 5.41) is 3.23. The van der Waals surface area contributed by atoms with E-state index in [4.69, 9.17) is 16.3 Å². The first kappa shape index (κ1) is 22.7. The maximum Gasteiger partial charge on any atom is 0.409 e. The maximum absolute atomic E-state index is 12.9. The van der Waals surface area contributed by atoms with Crippen LogP contribution in [0.2, 0.25) is 5.02 Å². The Labute approximate surface area is 181 Å². The molecule has 0 radical (unpaired) electrons. The number of hydrogen-bond acceptors (Lipinski definition) is 6. The number of amides is 2. The van der Waals surface area contributed by atoms with Gasteiger partial charge in [-0.05, 0) is 31.9 Å². The fraction of sp³-hybridized carbons (Fsp3) is 0.611. The number of piperidine rings is 1. The molecule has 1 aromatic heterocycles. The number of anilines is 1. The van der Waals surface area contributed by atoms with Crippen LogP contribution in [-0.4, -0.2) is 84.8 Å². The summed E-state index contributed by atoms with van der Waals surface area (Å²) in [6.07, 6.45) is 1.90. The largest absolute Gasteiger partial charge is 0.450 e. The lowest BCUT2D eigenvalue weighted by Gasteiger charge is -2.38. The third kappa shape index (κ3) is 5.39. The highest BCUT2D eigenvalue weighted by atomic mass is 35.5. The Hall–Kier alpha value is -1.95. The highest BCUT2D eigenvalue weighted by Gasteiger charge is 2.37. The number of carbonyl (C=O) groups excluding carboxylic acids is 2. The van der Waals surface area contributed by atoms with Crippen molar-refractivity contribution in [3.63, 3.8) is 0 Å². The van der Waals surface area contributed by atoms with E-state index in [0.717, 1.165) is 0 Å². The Kier molecular flexibility index (Phi) is 7.50. The van der Waals surface area contributed by atoms with Gasteiger partial charge in [0.05, 0.1) is 11.6 Å². The van der Waals surface area contributed by atoms with Crippen molar-refractivity contribution in [3.05, 3.63) is 23.4 Å². The van der Waals surface area contributed by atoms with Crippen molar-refractivity contribution in [2.75, 3.05) is 51.2 Å². The van der Waals surface area contributed by atoms with Gasteiger partial charge in [0.25, 0.3) is 10.2 Å². The van der Waals surface area contributed by atoms with Crippen molar-refractivity contribution < 1.29 is 22.7 Å². The molecule has 3 heterocycles. The van der Waals surface area contributed by atoms with Crippen molar-refractivity contribution in [1.82, 2.24) is 18.5 Å². The summed E-state index contributed by atoms with van der Waals surface area (Å²) in [6, 6.07) is 3.26. The highest BCUT2D eigenvalue weighted by Crippen LogP contribution is 2.23. The SMILES string of the molecule is CCOC(=O)N1CCN(S(=O)(=O)N2CCC(C(=O)Nc3ccc(Cl)cn3)CC2)CC1. The van der Waals surface area contributed by atoms with Gasteiger partial charge in [-0.15, -0.1) is 0 Å². The molecule has 1 N–H and O–H groups in total. The minimum Gasteiger partial charge on any atom is -0.450 e. The Morgan fingerprint density at radius 2 is 1.77 bits per heavy atom. The van der Waals surface area contributed by atoms with Crippen LogP contribution < -0.4 is 5.32 Å². The van der Waals surface area contributed by atoms with Crippen LogP contribution in [0.1, 0.15) is 19.8 Å². The normalized spacial score (nSPS) is 19.5. The number of carbonyl (C=O) groups is 2. The summed E-state index contributed by atoms with van der Waals surface area (Å²) < 4.78 is 33.6. The van der Waals surface area contributed by atoms with E-state index < -0.39 is 16.3 Å². The van der Waals surface area contributed by atoms with Gasteiger partial charge in [0.2, 0.25) is 5.91 Å². The van der Waals surface area contributed by atoms with E-state index in [0.29, 0.717) is 36.8 Å². The molecule has 0 saturated carbocycles. The molecule has 12 heteroatoms. The fourth-order valence-corrected chi connectivity index (χ4v) is 5.24. The van der Waals surface area contributed by atoms with Crippen LogP contribution in [0.3, 0.4) is 0 Å². The molecule has 30 heavy (non-hydrogen) atoms. The lowest BCUT2D eigenvalue weighted by atomic mass is 9.97. The van der Waals surface area contributed by atoms with Crippen LogP contribution in [0.25, 0.3) is 0 Å². The number of halogens is 1. The van der Waals surface area contributed by atoms with E-state index >= 15 is 0 Å². The summed E-state index contributed by atoms with van der Waals surface area (Å²) in [5.74, 6) is -0.0431. The average Bonchev–Trinajstić information content (AvgIpc) is 2.75. The molecule has 1 aromatic rings. The van der Waals surface area contributed by atoms with Gasteiger partial charge < -0.3 is 15.0 Å². The van der Waals surface area contributed by atoms with Crippen LogP contribution in [0.5, 0.6) is 0 Å². The molecule has 2 saturated heterocycles. The average molecular weight is 460 g/mol. The Morgan fingerprint density at radius 3 is 2.33 bits per heavy atom. The zero-order valence-electron chi connectivity index (χ0n) is 16.8. The minimum atomic E-state index is -3.63. The fourth-order valence-electron chi connectivity index (χ4n) is 3.51. The van der Waals surface area contributed by atoms with Gasteiger partial charge in [0.15, 0.2) is 0 Å². The van der Waals surface area contributed by atoms with Gasteiger partial charge in [-0.25, -0.2) is 9.78 Å². The van der Waals surface area contributed by atoms with Crippen LogP contribution in [0.4, 0.5) is 10.6 Å². The lowest BCUT2D eigenvalue weighted by molar-refractivity contribution is -0.120. The predicted molar refractivity (Wildman–Crippen MR) is 111 cm³/mol. The third-order valence-electron chi connectivity index (χ3n) is 5.22. The van der Waals surface area contributed by atoms with Crippen LogP contribution >= 0.6 is 11.6 Å². The Balaban J connectivity index is 1.49. The van der Waals surface area contributed by atoms with Gasteiger partial charge in [0.1, 0.15) is 5.82 Å². The topological polar surface area (TPSA) is 112 Å². The number of nitrogens with zero attached hydrogens (tertiary/aromatic N) is 4. The van der Waals surface area contributed by atoms with Crippen molar-refractivity contribution in [2.24, 2.45) is 5.92 Å². The van der Waals surface area contributed by atoms with E-state index in [-0.39, 0.29) is 44.6 Å². The number of rotatable bonds is 5. The second-order valence-corrected chi connectivity index (χ2v) is 9.48. The zero-order chi connectivity index (χ0) is 21.7. The summed E-state index contributed by atoms with van der Waals surface area (Å²) in [5.41, 5.74) is 0. The molecule has 2 aliphatic rings. The molecule has 0 aromatic carbocycles. The Morgan fingerprint density at radius 1 is 1.13 bits per heavy atom. The second-order valence-electron chi connectivity index (χ2n) is 7.12. The molecule has 0 unspecified atom stereocenters. The van der Waals surface area contributed by atoms with Gasteiger partial charge >= 0.3 is 6.09 Å². The first-order valence-corrected chi connectivity index (χ1v) is 11.7. The summed E-state index contributed by atoms with van der Waals surface area (Å²) in [6.45, 7) is 3.60. The van der Waals surface area contributed by atoms with Gasteiger partial charge in [-0.3, -0.25) is 4.79 Å². The van der Waals surface area contributed by atoms with Crippen molar-refractivity contribution in [3.8, 4) is 0 Å². The Bertz CT molecular complexity index is 850. The second kappa shape index (κ2) is 9.90. The van der Waals surface area contributed by atoms with Crippen LogP contribution in [0.15, 0.2) is 18.3 Å². The monoisotopic (exact) mass is 459 g/mol. The van der Waals surface area contributed by atoms with Crippen LogP contribution in [0, 0.1) is 5.92 Å². The first-order valence-electron chi connectivity index (χ1n) is 9.90. The number of ether oxygens (including phenoxy) is 1. The standard InChI is InChI=1S/C18H26ClN5O5S/c1-2-29-18(26)22-9-11-24(12-10-22)30(27,28)23-7-5-14(6-8-23)17(25)21-16-4-3-15(19)13-20-16/h3-4,13-14H,2,5-12H2,1H3,(H,20,21,25). The molecule has 0 atom stereocenters. The number of hydrogen-bond donors (Lipinski definition) is 1. The molecule has 2 fully saturated rings. The van der Waals surface area contributed by atoms with E-state index in [9.17, 15) is 18.0 Å². The predicted octanol–water partition coefficient (Wildman–Crippen LogP) is 1.40. The molecule has 0 spiro atoms. The van der Waals surface area contributed by atoms with E-state index in [2.05, 4.69) is 10.3 Å². The van der Waals surface area contributed by atoms with Gasteiger partial charge in [0, 0.05) is 51.4 Å². The molecule has 2 aliphatic heterocycles. The smallest absolute Gasteiger partial charge is 0.409 e. The molecule has 3 rings (SSSR count). The van der Waals surface area contributed by atoms with Crippen molar-refractivity contribution in [1.29, 1.82) is 0 Å². The minimum absolute atomic E-state index is 0.176. The lowest BCUT2D eigenvalue weighted by Crippen LogP contribution is -2.55.